The molecule has 5 nitrogen and oxygen atoms in total. The van der Waals surface area contributed by atoms with E-state index in [0.717, 1.165) is 0 Å². The van der Waals surface area contributed by atoms with Gasteiger partial charge in [0, 0.05) is 24.9 Å². The Bertz CT molecular complexity index is 1130. The molecule has 1 atom stereocenters. The van der Waals surface area contributed by atoms with Crippen LogP contribution in [0.3, 0.4) is 0 Å². The van der Waals surface area contributed by atoms with E-state index in [1.54, 1.807) is 30.4 Å². The van der Waals surface area contributed by atoms with Gasteiger partial charge in [-0.25, -0.2) is 18.7 Å². The van der Waals surface area contributed by atoms with Gasteiger partial charge in [-0.15, -0.1) is 0 Å². The van der Waals surface area contributed by atoms with Gasteiger partial charge in [0.05, 0.1) is 21.8 Å². The van der Waals surface area contributed by atoms with Gasteiger partial charge in [-0.1, -0.05) is 17.7 Å². The Balaban J connectivity index is 1.86. The highest BCUT2D eigenvalue weighted by atomic mass is 35.5. The molecule has 2 N–H and O–H groups in total. The predicted octanol–water partition coefficient (Wildman–Crippen LogP) is 4.59. The predicted molar refractivity (Wildman–Crippen MR) is 106 cm³/mol. The number of nitrogens with two attached hydrogens (primary N) is 1. The number of nitrogens with zero attached hydrogens (tertiary/aromatic N) is 3. The molecule has 0 spiro atoms. The molecule has 0 saturated heterocycles. The molecule has 0 bridgehead atoms. The molecular weight excluding hydrogens is 386 g/mol. The van der Waals surface area contributed by atoms with Crippen molar-refractivity contribution < 1.29 is 13.5 Å². The highest BCUT2D eigenvalue weighted by Crippen LogP contribution is 2.36. The van der Waals surface area contributed by atoms with Gasteiger partial charge in [0.15, 0.2) is 12.0 Å². The monoisotopic (exact) mass is 400 g/mol. The lowest BCUT2D eigenvalue weighted by Gasteiger charge is -2.30. The van der Waals surface area contributed by atoms with E-state index in [0.29, 0.717) is 21.5 Å². The number of hydrogen-bond acceptors (Lipinski definition) is 5. The molecule has 142 valence electrons. The number of allylic oxidation sites excluding steroid dienone is 2. The zero-order valence-corrected chi connectivity index (χ0v) is 15.5. The van der Waals surface area contributed by atoms with Gasteiger partial charge in [0.1, 0.15) is 5.82 Å². The summed E-state index contributed by atoms with van der Waals surface area (Å²) in [7, 11) is 1.49. The number of halogens is 3. The normalized spacial score (nSPS) is 16.5. The van der Waals surface area contributed by atoms with Crippen LogP contribution >= 0.6 is 11.6 Å². The maximum absolute atomic E-state index is 15.4. The molecule has 0 radical (unpaired) electrons. The minimum Gasteiger partial charge on any atom is -0.368 e. The van der Waals surface area contributed by atoms with E-state index in [4.69, 9.17) is 22.1 Å². The van der Waals surface area contributed by atoms with Crippen LogP contribution in [0.2, 0.25) is 0 Å². The third kappa shape index (κ3) is 3.19. The molecule has 8 heteroatoms. The Morgan fingerprint density at radius 3 is 2.82 bits per heavy atom. The fourth-order valence-corrected chi connectivity index (χ4v) is 3.30. The summed E-state index contributed by atoms with van der Waals surface area (Å²) in [5.41, 5.74) is 6.50. The van der Waals surface area contributed by atoms with Crippen molar-refractivity contribution in [3.8, 4) is 11.1 Å². The number of anilines is 2. The van der Waals surface area contributed by atoms with Gasteiger partial charge in [-0.3, -0.25) is 0 Å². The number of ether oxygens (including phenoxy) is 1. The fourth-order valence-electron chi connectivity index (χ4n) is 3.12. The second-order valence-electron chi connectivity index (χ2n) is 6.16. The van der Waals surface area contributed by atoms with Crippen LogP contribution in [0.4, 0.5) is 20.4 Å². The molecule has 0 amide bonds. The molecule has 0 saturated carbocycles. The van der Waals surface area contributed by atoms with Gasteiger partial charge in [0.2, 0.25) is 5.95 Å². The quantitative estimate of drug-likeness (QED) is 0.696. The first-order valence-electron chi connectivity index (χ1n) is 8.35. The van der Waals surface area contributed by atoms with Crippen molar-refractivity contribution in [2.75, 3.05) is 17.7 Å². The maximum atomic E-state index is 15.4. The standard InChI is InChI=1S/C20H15ClF2N4O/c1-28-17-7-3-13(21)10-27(17)16-6-4-14(22)18(19(16)23)11-2-5-15-12(8-11)9-25-20(24)26-15/h2-10,17H,1H3,(H2,24,25,26). The van der Waals surface area contributed by atoms with Crippen LogP contribution < -0.4 is 10.6 Å². The van der Waals surface area contributed by atoms with Crippen LogP contribution in [0.5, 0.6) is 0 Å². The average Bonchev–Trinajstić information content (AvgIpc) is 2.68. The Morgan fingerprint density at radius 1 is 1.21 bits per heavy atom. The fraction of sp³-hybridized carbons (Fsp3) is 0.100. The number of fused-ring (bicyclic) bond motifs is 1. The van der Waals surface area contributed by atoms with Crippen LogP contribution in [-0.4, -0.2) is 23.3 Å². The van der Waals surface area contributed by atoms with Crippen molar-refractivity contribution in [3.63, 3.8) is 0 Å². The lowest BCUT2D eigenvalue weighted by atomic mass is 10.0. The number of methoxy groups -OCH3 is 1. The van der Waals surface area contributed by atoms with E-state index < -0.39 is 17.9 Å². The first kappa shape index (κ1) is 18.3. The van der Waals surface area contributed by atoms with Gasteiger partial charge in [0.25, 0.3) is 0 Å². The molecule has 3 aromatic rings. The van der Waals surface area contributed by atoms with E-state index in [9.17, 15) is 4.39 Å². The number of benzene rings is 2. The number of nitrogen functional groups attached to an aromatic ring is 1. The number of aromatic nitrogens is 2. The van der Waals surface area contributed by atoms with Crippen molar-refractivity contribution in [2.45, 2.75) is 6.23 Å². The van der Waals surface area contributed by atoms with Gasteiger partial charge in [-0.2, -0.15) is 0 Å². The summed E-state index contributed by atoms with van der Waals surface area (Å²) < 4.78 is 35.4. The summed E-state index contributed by atoms with van der Waals surface area (Å²) in [4.78, 5) is 9.54. The van der Waals surface area contributed by atoms with Crippen molar-refractivity contribution in [1.29, 1.82) is 0 Å². The summed E-state index contributed by atoms with van der Waals surface area (Å²) in [6, 6.07) is 7.42. The summed E-state index contributed by atoms with van der Waals surface area (Å²) in [6.45, 7) is 0. The first-order valence-corrected chi connectivity index (χ1v) is 8.73. The molecule has 28 heavy (non-hydrogen) atoms. The van der Waals surface area contributed by atoms with Crippen molar-refractivity contribution in [3.05, 3.63) is 71.5 Å². The van der Waals surface area contributed by atoms with Gasteiger partial charge in [-0.05, 0) is 42.0 Å². The molecule has 1 aliphatic heterocycles. The summed E-state index contributed by atoms with van der Waals surface area (Å²) >= 11 is 6.06. The van der Waals surface area contributed by atoms with E-state index in [-0.39, 0.29) is 17.2 Å². The highest BCUT2D eigenvalue weighted by molar-refractivity contribution is 6.31. The van der Waals surface area contributed by atoms with Crippen molar-refractivity contribution in [2.24, 2.45) is 0 Å². The maximum Gasteiger partial charge on any atom is 0.220 e. The molecule has 1 aromatic heterocycles. The molecule has 2 heterocycles. The summed E-state index contributed by atoms with van der Waals surface area (Å²) in [5, 5.41) is 1.02. The second kappa shape index (κ2) is 7.18. The third-order valence-electron chi connectivity index (χ3n) is 4.43. The van der Waals surface area contributed by atoms with Gasteiger partial charge < -0.3 is 15.4 Å². The topological polar surface area (TPSA) is 64.3 Å². The Labute approximate surface area is 164 Å². The smallest absolute Gasteiger partial charge is 0.220 e. The van der Waals surface area contributed by atoms with E-state index in [1.165, 1.54) is 36.5 Å². The third-order valence-corrected chi connectivity index (χ3v) is 4.66. The average molecular weight is 401 g/mol. The van der Waals surface area contributed by atoms with Crippen LogP contribution in [0.1, 0.15) is 0 Å². The second-order valence-corrected chi connectivity index (χ2v) is 6.60. The van der Waals surface area contributed by atoms with Crippen LogP contribution in [0, 0.1) is 11.6 Å². The summed E-state index contributed by atoms with van der Waals surface area (Å²) in [6.07, 6.45) is 5.82. The molecule has 4 rings (SSSR count). The largest absolute Gasteiger partial charge is 0.368 e. The zero-order chi connectivity index (χ0) is 19.8. The Hall–Kier alpha value is -3.03. The molecule has 0 fully saturated rings. The van der Waals surface area contributed by atoms with E-state index >= 15 is 4.39 Å². The van der Waals surface area contributed by atoms with E-state index in [1.807, 2.05) is 0 Å². The van der Waals surface area contributed by atoms with Crippen molar-refractivity contribution in [1.82, 2.24) is 9.97 Å². The minimum absolute atomic E-state index is 0.132. The van der Waals surface area contributed by atoms with Crippen LogP contribution in [0.15, 0.2) is 59.9 Å². The SMILES string of the molecule is COC1C=CC(Cl)=CN1c1ccc(F)c(-c2ccc3nc(N)ncc3c2)c1F. The molecule has 0 aliphatic carbocycles. The highest BCUT2D eigenvalue weighted by Gasteiger charge is 2.24. The minimum atomic E-state index is -0.728. The first-order chi connectivity index (χ1) is 13.5. The Morgan fingerprint density at radius 2 is 2.04 bits per heavy atom. The molecule has 1 unspecified atom stereocenters. The van der Waals surface area contributed by atoms with Crippen LogP contribution in [-0.2, 0) is 4.74 Å². The lowest BCUT2D eigenvalue weighted by molar-refractivity contribution is 0.143. The van der Waals surface area contributed by atoms with Gasteiger partial charge >= 0.3 is 0 Å². The molecule has 1 aliphatic rings. The number of hydrogen-bond donors (Lipinski definition) is 1. The Kier molecular flexibility index (Phi) is 4.70. The van der Waals surface area contributed by atoms with Crippen molar-refractivity contribution >= 4 is 34.1 Å². The lowest BCUT2D eigenvalue weighted by Crippen LogP contribution is -2.33. The molecular formula is C20H15ClF2N4O. The summed E-state index contributed by atoms with van der Waals surface area (Å²) in [5.74, 6) is -1.28. The molecule has 2 aromatic carbocycles. The van der Waals surface area contributed by atoms with Crippen LogP contribution in [0.25, 0.3) is 22.0 Å². The zero-order valence-electron chi connectivity index (χ0n) is 14.7. The number of rotatable bonds is 3. The van der Waals surface area contributed by atoms with E-state index in [2.05, 4.69) is 9.97 Å².